The molecule has 1 atom stereocenters. The van der Waals surface area contributed by atoms with Gasteiger partial charge in [-0.05, 0) is 31.5 Å². The second kappa shape index (κ2) is 5.73. The molecule has 1 saturated heterocycles. The van der Waals surface area contributed by atoms with Crippen molar-refractivity contribution in [3.8, 4) is 11.3 Å². The summed E-state index contributed by atoms with van der Waals surface area (Å²) in [7, 11) is 0. The molecule has 3 rings (SSSR count). The van der Waals surface area contributed by atoms with Crippen molar-refractivity contribution in [3.63, 3.8) is 0 Å². The van der Waals surface area contributed by atoms with Crippen LogP contribution in [0.3, 0.4) is 0 Å². The number of rotatable bonds is 3. The molecule has 2 aromatic rings. The van der Waals surface area contributed by atoms with Crippen LogP contribution in [0.2, 0.25) is 0 Å². The number of carbonyl (C=O) groups is 1. The number of carboxylic acid groups (broad SMARTS) is 1. The third kappa shape index (κ3) is 2.73. The average Bonchev–Trinajstić information content (AvgIpc) is 2.98. The van der Waals surface area contributed by atoms with Crippen molar-refractivity contribution in [2.75, 3.05) is 6.54 Å². The van der Waals surface area contributed by atoms with Gasteiger partial charge in [-0.15, -0.1) is 11.3 Å². The van der Waals surface area contributed by atoms with E-state index in [0.717, 1.165) is 29.2 Å². The number of aromatic carboxylic acids is 1. The third-order valence-electron chi connectivity index (χ3n) is 3.54. The molecule has 2 N–H and O–H groups in total. The summed E-state index contributed by atoms with van der Waals surface area (Å²) in [5.74, 6) is -0.906. The van der Waals surface area contributed by atoms with E-state index >= 15 is 0 Å². The molecule has 1 aromatic heterocycles. The second-order valence-electron chi connectivity index (χ2n) is 4.96. The van der Waals surface area contributed by atoms with Crippen molar-refractivity contribution >= 4 is 17.3 Å². The van der Waals surface area contributed by atoms with Gasteiger partial charge in [0.15, 0.2) is 0 Å². The number of benzene rings is 1. The van der Waals surface area contributed by atoms with Crippen LogP contribution in [0.15, 0.2) is 29.6 Å². The summed E-state index contributed by atoms with van der Waals surface area (Å²) < 4.78 is 0. The molecule has 4 nitrogen and oxygen atoms in total. The van der Waals surface area contributed by atoms with E-state index in [9.17, 15) is 4.79 Å². The molecule has 0 saturated carbocycles. The summed E-state index contributed by atoms with van der Waals surface area (Å²) in [5, 5.41) is 15.6. The fraction of sp³-hybridized carbons (Fsp3) is 0.333. The number of hydrogen-bond donors (Lipinski definition) is 2. The van der Waals surface area contributed by atoms with Crippen molar-refractivity contribution in [1.82, 2.24) is 10.3 Å². The van der Waals surface area contributed by atoms with Crippen molar-refractivity contribution in [2.24, 2.45) is 0 Å². The molecular weight excluding hydrogens is 272 g/mol. The van der Waals surface area contributed by atoms with Gasteiger partial charge < -0.3 is 10.4 Å². The van der Waals surface area contributed by atoms with Gasteiger partial charge in [-0.1, -0.05) is 18.6 Å². The Morgan fingerprint density at radius 2 is 2.30 bits per heavy atom. The lowest BCUT2D eigenvalue weighted by atomic mass is 10.1. The number of nitrogens with zero attached hydrogens (tertiary/aromatic N) is 1. The van der Waals surface area contributed by atoms with Gasteiger partial charge in [0.1, 0.15) is 5.01 Å². The van der Waals surface area contributed by atoms with Crippen LogP contribution in [-0.4, -0.2) is 22.6 Å². The first-order valence-corrected chi connectivity index (χ1v) is 7.64. The van der Waals surface area contributed by atoms with Gasteiger partial charge in [-0.3, -0.25) is 0 Å². The summed E-state index contributed by atoms with van der Waals surface area (Å²) in [6.07, 6.45) is 3.60. The van der Waals surface area contributed by atoms with E-state index in [-0.39, 0.29) is 0 Å². The van der Waals surface area contributed by atoms with Crippen LogP contribution in [0.4, 0.5) is 0 Å². The minimum Gasteiger partial charge on any atom is -0.478 e. The monoisotopic (exact) mass is 288 g/mol. The Kier molecular flexibility index (Phi) is 3.80. The van der Waals surface area contributed by atoms with Crippen LogP contribution in [0.1, 0.15) is 40.7 Å². The fourth-order valence-electron chi connectivity index (χ4n) is 2.45. The van der Waals surface area contributed by atoms with Gasteiger partial charge in [-0.25, -0.2) is 9.78 Å². The first-order valence-electron chi connectivity index (χ1n) is 6.76. The van der Waals surface area contributed by atoms with Gasteiger partial charge in [0.05, 0.1) is 17.3 Å². The smallest absolute Gasteiger partial charge is 0.335 e. The maximum atomic E-state index is 11.0. The van der Waals surface area contributed by atoms with Crippen molar-refractivity contribution in [3.05, 3.63) is 40.2 Å². The van der Waals surface area contributed by atoms with Crippen molar-refractivity contribution in [1.29, 1.82) is 0 Å². The molecular formula is C15H16N2O2S. The summed E-state index contributed by atoms with van der Waals surface area (Å²) >= 11 is 1.64. The molecule has 104 valence electrons. The number of carboxylic acids is 1. The van der Waals surface area contributed by atoms with Crippen LogP contribution >= 0.6 is 11.3 Å². The second-order valence-corrected chi connectivity index (χ2v) is 5.85. The lowest BCUT2D eigenvalue weighted by Gasteiger charge is -2.21. The van der Waals surface area contributed by atoms with E-state index in [1.54, 1.807) is 29.5 Å². The first-order chi connectivity index (χ1) is 9.74. The van der Waals surface area contributed by atoms with Gasteiger partial charge >= 0.3 is 5.97 Å². The van der Waals surface area contributed by atoms with Crippen LogP contribution in [-0.2, 0) is 0 Å². The Hall–Kier alpha value is -1.72. The largest absolute Gasteiger partial charge is 0.478 e. The van der Waals surface area contributed by atoms with Crippen molar-refractivity contribution < 1.29 is 9.90 Å². The normalized spacial score (nSPS) is 18.9. The van der Waals surface area contributed by atoms with Crippen LogP contribution < -0.4 is 5.32 Å². The molecule has 20 heavy (non-hydrogen) atoms. The average molecular weight is 288 g/mol. The predicted octanol–water partition coefficient (Wildman–Crippen LogP) is 3.32. The molecule has 1 unspecified atom stereocenters. The van der Waals surface area contributed by atoms with Gasteiger partial charge in [0, 0.05) is 10.9 Å². The van der Waals surface area contributed by atoms with E-state index < -0.39 is 5.97 Å². The summed E-state index contributed by atoms with van der Waals surface area (Å²) in [6, 6.07) is 7.29. The number of piperidine rings is 1. The molecule has 2 heterocycles. The molecule has 0 radical (unpaired) electrons. The van der Waals surface area contributed by atoms with Crippen LogP contribution in [0.25, 0.3) is 11.3 Å². The van der Waals surface area contributed by atoms with E-state index in [2.05, 4.69) is 10.3 Å². The maximum absolute atomic E-state index is 11.0. The predicted molar refractivity (Wildman–Crippen MR) is 79.1 cm³/mol. The van der Waals surface area contributed by atoms with Crippen LogP contribution in [0, 0.1) is 0 Å². The molecule has 1 aliphatic rings. The molecule has 0 amide bonds. The Morgan fingerprint density at radius 3 is 3.05 bits per heavy atom. The van der Waals surface area contributed by atoms with E-state index in [1.807, 2.05) is 11.4 Å². The summed E-state index contributed by atoms with van der Waals surface area (Å²) in [5.41, 5.74) is 2.02. The van der Waals surface area contributed by atoms with E-state index in [1.165, 1.54) is 12.8 Å². The Bertz CT molecular complexity index is 618. The van der Waals surface area contributed by atoms with Crippen LogP contribution in [0.5, 0.6) is 0 Å². The van der Waals surface area contributed by atoms with E-state index in [4.69, 9.17) is 5.11 Å². The molecule has 1 aromatic carbocycles. The third-order valence-corrected chi connectivity index (χ3v) is 4.49. The number of aromatic nitrogens is 1. The lowest BCUT2D eigenvalue weighted by Crippen LogP contribution is -2.26. The first kappa shape index (κ1) is 13.3. The standard InChI is InChI=1S/C15H16N2O2S/c18-15(19)11-5-3-4-10(8-11)13-9-20-14(17-13)12-6-1-2-7-16-12/h3-5,8-9,12,16H,1-2,6-7H2,(H,18,19). The highest BCUT2D eigenvalue weighted by Gasteiger charge is 2.18. The highest BCUT2D eigenvalue weighted by atomic mass is 32.1. The van der Waals surface area contributed by atoms with Gasteiger partial charge in [0.25, 0.3) is 0 Å². The number of hydrogen-bond acceptors (Lipinski definition) is 4. The Balaban J connectivity index is 1.85. The SMILES string of the molecule is O=C(O)c1cccc(-c2csc(C3CCCCN3)n2)c1. The van der Waals surface area contributed by atoms with E-state index in [0.29, 0.717) is 11.6 Å². The molecule has 1 aliphatic heterocycles. The van der Waals surface area contributed by atoms with Gasteiger partial charge in [0.2, 0.25) is 0 Å². The highest BCUT2D eigenvalue weighted by Crippen LogP contribution is 2.29. The molecule has 0 spiro atoms. The number of thiazole rings is 1. The zero-order valence-corrected chi connectivity index (χ0v) is 11.8. The summed E-state index contributed by atoms with van der Waals surface area (Å²) in [6.45, 7) is 1.05. The summed E-state index contributed by atoms with van der Waals surface area (Å²) in [4.78, 5) is 15.7. The van der Waals surface area contributed by atoms with Crippen molar-refractivity contribution in [2.45, 2.75) is 25.3 Å². The molecule has 0 bridgehead atoms. The van der Waals surface area contributed by atoms with Gasteiger partial charge in [-0.2, -0.15) is 0 Å². The Labute approximate surface area is 121 Å². The molecule has 1 fully saturated rings. The zero-order valence-electron chi connectivity index (χ0n) is 11.0. The fourth-order valence-corrected chi connectivity index (χ4v) is 3.39. The maximum Gasteiger partial charge on any atom is 0.335 e. The Morgan fingerprint density at radius 1 is 1.40 bits per heavy atom. The minimum absolute atomic E-state index is 0.299. The molecule has 0 aliphatic carbocycles. The minimum atomic E-state index is -0.906. The topological polar surface area (TPSA) is 62.2 Å². The quantitative estimate of drug-likeness (QED) is 0.909. The lowest BCUT2D eigenvalue weighted by molar-refractivity contribution is 0.0697. The zero-order chi connectivity index (χ0) is 13.9. The highest BCUT2D eigenvalue weighted by molar-refractivity contribution is 7.10. The molecule has 5 heteroatoms. The number of nitrogens with one attached hydrogen (secondary N) is 1.